The smallest absolute Gasteiger partial charge is 0.0726 e. The molecule has 6 aliphatic rings. The van der Waals surface area contributed by atoms with Crippen molar-refractivity contribution < 1.29 is 0 Å². The van der Waals surface area contributed by atoms with Crippen LogP contribution in [0.4, 0.5) is 28.4 Å². The van der Waals surface area contributed by atoms with E-state index in [1.165, 1.54) is 170 Å². The van der Waals surface area contributed by atoms with Crippen molar-refractivity contribution in [2.75, 3.05) is 10.2 Å². The molecular weight excluding hydrogens is 1270 g/mol. The lowest BCUT2D eigenvalue weighted by molar-refractivity contribution is 0.660. The number of nitrogens with one attached hydrogen (secondary N) is 1. The molecule has 0 unspecified atom stereocenters. The highest BCUT2D eigenvalue weighted by Crippen LogP contribution is 2.67. The minimum atomic E-state index is -0.175. The van der Waals surface area contributed by atoms with Gasteiger partial charge in [-0.3, -0.25) is 0 Å². The number of fused-ring (bicyclic) bond motifs is 14. The Morgan fingerprint density at radius 3 is 1.10 bits per heavy atom. The molecule has 0 radical (unpaired) electrons. The van der Waals surface area contributed by atoms with E-state index >= 15 is 0 Å². The van der Waals surface area contributed by atoms with Gasteiger partial charge in [0.2, 0.25) is 0 Å². The van der Waals surface area contributed by atoms with Gasteiger partial charge < -0.3 is 10.2 Å². The maximum atomic E-state index is 3.69. The fourth-order valence-electron chi connectivity index (χ4n) is 18.6. The maximum absolute atomic E-state index is 3.69. The van der Waals surface area contributed by atoms with E-state index in [0.717, 1.165) is 17.1 Å². The summed E-state index contributed by atoms with van der Waals surface area (Å²) in [5.74, 6) is 0. The highest BCUT2D eigenvalue weighted by molar-refractivity contribution is 9.10. The Morgan fingerprint density at radius 2 is 0.600 bits per heavy atom. The van der Waals surface area contributed by atoms with Crippen molar-refractivity contribution in [3.63, 3.8) is 0 Å². The van der Waals surface area contributed by atoms with Crippen LogP contribution in [0.3, 0.4) is 0 Å². The first-order valence-electron chi connectivity index (χ1n) is 34.7. The lowest BCUT2D eigenvalue weighted by Crippen LogP contribution is -2.43. The highest BCUT2D eigenvalue weighted by Gasteiger charge is 2.56. The average Bonchev–Trinajstić information content (AvgIpc) is 0.698. The summed E-state index contributed by atoms with van der Waals surface area (Å²) in [5, 5.41) is 14.6. The number of nitrogens with zero attached hydrogens (tertiary/aromatic N) is 1. The zero-order chi connectivity index (χ0) is 66.1. The van der Waals surface area contributed by atoms with Crippen LogP contribution in [-0.2, 0) is 21.7 Å². The van der Waals surface area contributed by atoms with Crippen LogP contribution in [0, 0.1) is 0 Å². The van der Waals surface area contributed by atoms with Crippen LogP contribution in [0.5, 0.6) is 0 Å². The summed E-state index contributed by atoms with van der Waals surface area (Å²) in [7, 11) is 0. The monoisotopic (exact) mass is 1340 g/mol. The first kappa shape index (κ1) is 59.9. The lowest BCUT2D eigenvalue weighted by atomic mass is 9.49. The molecule has 0 atom stereocenters. The Labute approximate surface area is 593 Å². The van der Waals surface area contributed by atoms with E-state index < -0.39 is 0 Å². The third kappa shape index (κ3) is 8.30. The van der Waals surface area contributed by atoms with E-state index in [4.69, 9.17) is 0 Å². The number of hydrogen-bond donors (Lipinski definition) is 1. The Hall–Kier alpha value is -11.4. The van der Waals surface area contributed by atoms with Crippen LogP contribution in [0.25, 0.3) is 87.6 Å². The molecule has 22 rings (SSSR count). The standard InChI is InChI=1S/C48H33N.C27H23N.C21H11Br.CH4/c1-47(2)39-17-7-6-16-37(39)38-26-25-35(28-43(38)47)49(34-23-21-31(22-24-34)30-11-4-3-5-12-30)36-27-33-15-10-20-42-46(33)44(29-36)48(42)40-18-8-13-32-14-9-19-41(48)45(32)40;1-27(2)25-11-7-6-10-23(25)24-17-16-22(18-26(24)27)28-21-14-12-20(13-15-21)19-8-4-3-5-9-19;22-14-10-13-6-3-9-17-20(13)18(11-14)21(17)15-7-1-4-12-5-2-8-16(21)19(12)15;/h3-29H,1-2H3;3-18,28H,1-2H3;1-11H;1H4. The molecule has 16 aromatic rings. The van der Waals surface area contributed by atoms with Crippen LogP contribution in [0.15, 0.2) is 332 Å². The Morgan fingerprint density at radius 1 is 0.250 bits per heavy atom. The SMILES string of the molecule is Brc1cc2c3c(cccc3c1)C21c2cccc3cccc1c23.C.CC1(C)c2ccccc2-c2ccc(N(c3ccc(-c4ccccc4)cc3)c3cc4c5c(cccc5c3)C43c4cccc5cccc3c45)cc21.CC1(C)c2ccccc2-c2ccc(Nc3ccc(-c4ccccc4)cc3)cc21. The van der Waals surface area contributed by atoms with Gasteiger partial charge in [0, 0.05) is 43.7 Å². The Balaban J connectivity index is 0.000000115. The number of benzene rings is 16. The molecule has 1 N–H and O–H groups in total. The second kappa shape index (κ2) is 22.1. The predicted octanol–water partition coefficient (Wildman–Crippen LogP) is 26.3. The molecule has 2 spiro atoms. The quantitative estimate of drug-likeness (QED) is 0.171. The van der Waals surface area contributed by atoms with Gasteiger partial charge in [-0.15, -0.1) is 0 Å². The number of rotatable bonds is 7. The molecule has 0 bridgehead atoms. The van der Waals surface area contributed by atoms with E-state index in [0.29, 0.717) is 0 Å². The molecule has 6 aliphatic carbocycles. The van der Waals surface area contributed by atoms with E-state index in [1.54, 1.807) is 0 Å². The van der Waals surface area contributed by atoms with E-state index in [-0.39, 0.29) is 29.1 Å². The topological polar surface area (TPSA) is 15.3 Å². The summed E-state index contributed by atoms with van der Waals surface area (Å²) < 4.78 is 1.17. The van der Waals surface area contributed by atoms with Crippen molar-refractivity contribution in [1.29, 1.82) is 0 Å². The van der Waals surface area contributed by atoms with Crippen molar-refractivity contribution >= 4 is 87.5 Å². The molecule has 0 saturated carbocycles. The summed E-state index contributed by atoms with van der Waals surface area (Å²) in [6.45, 7) is 9.37. The molecule has 0 amide bonds. The van der Waals surface area contributed by atoms with E-state index in [1.807, 2.05) is 6.07 Å². The Kier molecular flexibility index (Phi) is 13.2. The zero-order valence-electron chi connectivity index (χ0n) is 55.5. The summed E-state index contributed by atoms with van der Waals surface area (Å²) in [4.78, 5) is 2.48. The first-order valence-corrected chi connectivity index (χ1v) is 35.5. The number of halogens is 1. The summed E-state index contributed by atoms with van der Waals surface area (Å²) in [5.41, 5.74) is 33.0. The van der Waals surface area contributed by atoms with Gasteiger partial charge >= 0.3 is 0 Å². The summed E-state index contributed by atoms with van der Waals surface area (Å²) in [6, 6.07) is 121. The molecule has 0 aromatic heterocycles. The normalized spacial score (nSPS) is 14.7. The van der Waals surface area contributed by atoms with Crippen molar-refractivity contribution in [2.45, 2.75) is 56.8 Å². The molecule has 100 heavy (non-hydrogen) atoms. The predicted molar refractivity (Wildman–Crippen MR) is 425 cm³/mol. The molecule has 0 fully saturated rings. The van der Waals surface area contributed by atoms with Gasteiger partial charge in [-0.25, -0.2) is 0 Å². The summed E-state index contributed by atoms with van der Waals surface area (Å²) in [6.07, 6.45) is 0. The number of anilines is 5. The van der Waals surface area contributed by atoms with E-state index in [2.05, 4.69) is 375 Å². The molecular formula is C97H71BrN2. The van der Waals surface area contributed by atoms with Gasteiger partial charge in [0.1, 0.15) is 0 Å². The van der Waals surface area contributed by atoms with Gasteiger partial charge in [0.15, 0.2) is 0 Å². The minimum Gasteiger partial charge on any atom is -0.356 e. The van der Waals surface area contributed by atoms with Crippen LogP contribution < -0.4 is 10.2 Å². The van der Waals surface area contributed by atoms with Crippen molar-refractivity contribution in [1.82, 2.24) is 0 Å². The van der Waals surface area contributed by atoms with Crippen molar-refractivity contribution in [3.05, 3.63) is 399 Å². The van der Waals surface area contributed by atoms with Crippen LogP contribution in [0.1, 0.15) is 102 Å². The Bertz CT molecular complexity index is 6000. The maximum Gasteiger partial charge on any atom is 0.0726 e. The lowest BCUT2D eigenvalue weighted by Gasteiger charge is -2.52. The van der Waals surface area contributed by atoms with Crippen LogP contribution in [0.2, 0.25) is 0 Å². The van der Waals surface area contributed by atoms with Gasteiger partial charge in [-0.2, -0.15) is 0 Å². The van der Waals surface area contributed by atoms with Crippen molar-refractivity contribution in [3.8, 4) is 44.5 Å². The zero-order valence-corrected chi connectivity index (χ0v) is 57.1. The molecule has 0 saturated heterocycles. The molecule has 2 nitrogen and oxygen atoms in total. The van der Waals surface area contributed by atoms with Crippen LogP contribution >= 0.6 is 15.9 Å². The fourth-order valence-corrected chi connectivity index (χ4v) is 19.1. The summed E-state index contributed by atoms with van der Waals surface area (Å²) >= 11 is 3.69. The third-order valence-corrected chi connectivity index (χ3v) is 23.6. The molecule has 476 valence electrons. The first-order chi connectivity index (χ1) is 48.5. The third-order valence-electron chi connectivity index (χ3n) is 23.1. The number of hydrogen-bond acceptors (Lipinski definition) is 2. The van der Waals surface area contributed by atoms with Gasteiger partial charge in [-0.1, -0.05) is 306 Å². The molecule has 16 aromatic carbocycles. The minimum absolute atomic E-state index is 0. The molecule has 3 heteroatoms. The molecule has 0 heterocycles. The second-order valence-electron chi connectivity index (χ2n) is 28.8. The van der Waals surface area contributed by atoms with Gasteiger partial charge in [0.05, 0.1) is 10.8 Å². The highest BCUT2D eigenvalue weighted by atomic mass is 79.9. The largest absolute Gasteiger partial charge is 0.356 e. The van der Waals surface area contributed by atoms with Gasteiger partial charge in [0.25, 0.3) is 0 Å². The average molecular weight is 1340 g/mol. The molecule has 0 aliphatic heterocycles. The van der Waals surface area contributed by atoms with E-state index in [9.17, 15) is 0 Å². The second-order valence-corrected chi connectivity index (χ2v) is 29.7. The van der Waals surface area contributed by atoms with Gasteiger partial charge in [-0.05, 0) is 227 Å². The fraction of sp³-hybridized carbons (Fsp3) is 0.0928. The van der Waals surface area contributed by atoms with Crippen molar-refractivity contribution in [2.24, 2.45) is 0 Å². The van der Waals surface area contributed by atoms with Crippen LogP contribution in [-0.4, -0.2) is 0 Å².